The van der Waals surface area contributed by atoms with Crippen molar-refractivity contribution in [2.45, 2.75) is 70.8 Å². The molecule has 0 aromatic heterocycles. The lowest BCUT2D eigenvalue weighted by molar-refractivity contribution is -0.143. The van der Waals surface area contributed by atoms with Gasteiger partial charge >= 0.3 is 0 Å². The summed E-state index contributed by atoms with van der Waals surface area (Å²) in [6, 6.07) is 0.532. The number of rotatable bonds is 5. The van der Waals surface area contributed by atoms with Gasteiger partial charge in [-0.15, -0.1) is 0 Å². The molecule has 0 spiro atoms. The zero-order valence-electron chi connectivity index (χ0n) is 11.8. The van der Waals surface area contributed by atoms with Crippen molar-refractivity contribution in [1.29, 1.82) is 0 Å². The van der Waals surface area contributed by atoms with Gasteiger partial charge in [-0.3, -0.25) is 4.79 Å². The molecule has 1 amide bonds. The maximum Gasteiger partial charge on any atom is 0.230 e. The summed E-state index contributed by atoms with van der Waals surface area (Å²) in [5.41, 5.74) is 5.79. The van der Waals surface area contributed by atoms with E-state index in [1.54, 1.807) is 0 Å². The summed E-state index contributed by atoms with van der Waals surface area (Å²) in [5, 5.41) is 0. The highest BCUT2D eigenvalue weighted by molar-refractivity contribution is 5.83. The van der Waals surface area contributed by atoms with E-state index in [4.69, 9.17) is 5.73 Å². The van der Waals surface area contributed by atoms with Crippen molar-refractivity contribution in [2.24, 2.45) is 11.1 Å². The first kappa shape index (κ1) is 13.9. The SMILES string of the molecule is CCCN(C(=O)C1(CN)CCCCCC1)C1CC1. The molecule has 2 rings (SSSR count). The molecule has 2 fully saturated rings. The van der Waals surface area contributed by atoms with Crippen LogP contribution in [0.1, 0.15) is 64.7 Å². The largest absolute Gasteiger partial charge is 0.339 e. The fourth-order valence-corrected chi connectivity index (χ4v) is 3.29. The lowest BCUT2D eigenvalue weighted by atomic mass is 9.79. The van der Waals surface area contributed by atoms with Crippen LogP contribution in [0.3, 0.4) is 0 Å². The van der Waals surface area contributed by atoms with E-state index in [1.165, 1.54) is 38.5 Å². The molecule has 0 unspecified atom stereocenters. The van der Waals surface area contributed by atoms with Gasteiger partial charge in [-0.2, -0.15) is 0 Å². The third-order valence-corrected chi connectivity index (χ3v) is 4.62. The molecule has 2 saturated carbocycles. The molecule has 18 heavy (non-hydrogen) atoms. The molecule has 0 aromatic carbocycles. The monoisotopic (exact) mass is 252 g/mol. The number of nitrogens with zero attached hydrogens (tertiary/aromatic N) is 1. The Labute approximate surface area is 111 Å². The highest BCUT2D eigenvalue weighted by Gasteiger charge is 2.43. The number of nitrogens with two attached hydrogens (primary N) is 1. The topological polar surface area (TPSA) is 46.3 Å². The second-order valence-corrected chi connectivity index (χ2v) is 6.13. The van der Waals surface area contributed by atoms with Gasteiger partial charge in [0.15, 0.2) is 0 Å². The van der Waals surface area contributed by atoms with E-state index in [-0.39, 0.29) is 5.41 Å². The van der Waals surface area contributed by atoms with E-state index in [1.807, 2.05) is 0 Å². The molecule has 0 bridgehead atoms. The molecule has 2 aliphatic carbocycles. The van der Waals surface area contributed by atoms with Crippen molar-refractivity contribution in [3.8, 4) is 0 Å². The second-order valence-electron chi connectivity index (χ2n) is 6.13. The Kier molecular flexibility index (Phi) is 4.66. The normalized spacial score (nSPS) is 23.4. The van der Waals surface area contributed by atoms with Crippen molar-refractivity contribution in [2.75, 3.05) is 13.1 Å². The van der Waals surface area contributed by atoms with Crippen LogP contribution in [0.2, 0.25) is 0 Å². The minimum atomic E-state index is -0.228. The Morgan fingerprint density at radius 2 is 1.83 bits per heavy atom. The van der Waals surface area contributed by atoms with E-state index in [2.05, 4.69) is 11.8 Å². The number of hydrogen-bond donors (Lipinski definition) is 1. The van der Waals surface area contributed by atoms with Gasteiger partial charge in [0, 0.05) is 19.1 Å². The molecule has 2 N–H and O–H groups in total. The Bertz CT molecular complexity index is 278. The molecular weight excluding hydrogens is 224 g/mol. The minimum absolute atomic E-state index is 0.228. The van der Waals surface area contributed by atoms with Crippen LogP contribution in [0.25, 0.3) is 0 Å². The first-order valence-electron chi connectivity index (χ1n) is 7.74. The number of carbonyl (C=O) groups excluding carboxylic acids is 1. The van der Waals surface area contributed by atoms with Crippen LogP contribution < -0.4 is 5.73 Å². The zero-order valence-corrected chi connectivity index (χ0v) is 11.8. The Hall–Kier alpha value is -0.570. The van der Waals surface area contributed by atoms with Crippen molar-refractivity contribution >= 4 is 5.91 Å². The maximum absolute atomic E-state index is 12.9. The maximum atomic E-state index is 12.9. The van der Waals surface area contributed by atoms with E-state index in [0.29, 0.717) is 18.5 Å². The average Bonchev–Trinajstić information content (AvgIpc) is 3.21. The smallest absolute Gasteiger partial charge is 0.230 e. The molecule has 0 atom stereocenters. The van der Waals surface area contributed by atoms with Gasteiger partial charge in [0.05, 0.1) is 5.41 Å². The molecule has 3 nitrogen and oxygen atoms in total. The quantitative estimate of drug-likeness (QED) is 0.765. The highest BCUT2D eigenvalue weighted by atomic mass is 16.2. The van der Waals surface area contributed by atoms with Crippen LogP contribution in [0, 0.1) is 5.41 Å². The molecule has 3 heteroatoms. The van der Waals surface area contributed by atoms with Gasteiger partial charge in [-0.05, 0) is 32.1 Å². The summed E-state index contributed by atoms with van der Waals surface area (Å²) in [4.78, 5) is 15.1. The molecule has 2 aliphatic rings. The molecule has 0 saturated heterocycles. The van der Waals surface area contributed by atoms with E-state index >= 15 is 0 Å². The van der Waals surface area contributed by atoms with Crippen LogP contribution in [0.15, 0.2) is 0 Å². The van der Waals surface area contributed by atoms with Gasteiger partial charge in [0.2, 0.25) is 5.91 Å². The van der Waals surface area contributed by atoms with Crippen molar-refractivity contribution in [3.05, 3.63) is 0 Å². The minimum Gasteiger partial charge on any atom is -0.339 e. The fraction of sp³-hybridized carbons (Fsp3) is 0.933. The predicted molar refractivity (Wildman–Crippen MR) is 74.2 cm³/mol. The summed E-state index contributed by atoms with van der Waals surface area (Å²) < 4.78 is 0. The molecule has 0 aliphatic heterocycles. The number of carbonyl (C=O) groups is 1. The third-order valence-electron chi connectivity index (χ3n) is 4.62. The zero-order chi connectivity index (χ0) is 13.0. The predicted octanol–water partition coefficient (Wildman–Crippen LogP) is 2.69. The summed E-state index contributed by atoms with van der Waals surface area (Å²) in [6.07, 6.45) is 10.4. The molecule has 0 heterocycles. The van der Waals surface area contributed by atoms with Gasteiger partial charge in [-0.25, -0.2) is 0 Å². The summed E-state index contributed by atoms with van der Waals surface area (Å²) in [5.74, 6) is 0.372. The standard InChI is InChI=1S/C15H28N2O/c1-2-11-17(13-7-8-13)14(18)15(12-16)9-5-3-4-6-10-15/h13H,2-12,16H2,1H3. The fourth-order valence-electron chi connectivity index (χ4n) is 3.29. The Balaban J connectivity index is 2.10. The first-order chi connectivity index (χ1) is 8.73. The summed E-state index contributed by atoms with van der Waals surface area (Å²) in [7, 11) is 0. The Morgan fingerprint density at radius 3 is 2.28 bits per heavy atom. The van der Waals surface area contributed by atoms with Gasteiger partial charge in [0.25, 0.3) is 0 Å². The summed E-state index contributed by atoms with van der Waals surface area (Å²) in [6.45, 7) is 3.62. The van der Waals surface area contributed by atoms with Crippen LogP contribution in [-0.4, -0.2) is 29.9 Å². The molecule has 0 radical (unpaired) electrons. The average molecular weight is 252 g/mol. The van der Waals surface area contributed by atoms with Crippen molar-refractivity contribution < 1.29 is 4.79 Å². The lowest BCUT2D eigenvalue weighted by Gasteiger charge is -2.36. The van der Waals surface area contributed by atoms with Crippen LogP contribution >= 0.6 is 0 Å². The van der Waals surface area contributed by atoms with Crippen molar-refractivity contribution in [1.82, 2.24) is 4.90 Å². The van der Waals surface area contributed by atoms with E-state index in [0.717, 1.165) is 25.8 Å². The molecule has 0 aromatic rings. The molecular formula is C15H28N2O. The third kappa shape index (κ3) is 2.87. The summed E-state index contributed by atoms with van der Waals surface area (Å²) >= 11 is 0. The first-order valence-corrected chi connectivity index (χ1v) is 7.74. The van der Waals surface area contributed by atoms with Crippen LogP contribution in [-0.2, 0) is 4.79 Å². The van der Waals surface area contributed by atoms with Crippen molar-refractivity contribution in [3.63, 3.8) is 0 Å². The van der Waals surface area contributed by atoms with Crippen LogP contribution in [0.5, 0.6) is 0 Å². The van der Waals surface area contributed by atoms with Gasteiger partial charge in [-0.1, -0.05) is 32.6 Å². The number of hydrogen-bond acceptors (Lipinski definition) is 2. The van der Waals surface area contributed by atoms with E-state index < -0.39 is 0 Å². The highest BCUT2D eigenvalue weighted by Crippen LogP contribution is 2.39. The van der Waals surface area contributed by atoms with Gasteiger partial charge in [0.1, 0.15) is 0 Å². The molecule has 104 valence electrons. The van der Waals surface area contributed by atoms with E-state index in [9.17, 15) is 4.79 Å². The van der Waals surface area contributed by atoms with Gasteiger partial charge < -0.3 is 10.6 Å². The van der Waals surface area contributed by atoms with Crippen LogP contribution in [0.4, 0.5) is 0 Å². The lowest BCUT2D eigenvalue weighted by Crippen LogP contribution is -2.49. The second kappa shape index (κ2) is 6.05. The number of amides is 1. The Morgan fingerprint density at radius 1 is 1.22 bits per heavy atom.